The molecule has 1 unspecified atom stereocenters. The zero-order valence-corrected chi connectivity index (χ0v) is 21.4. The van der Waals surface area contributed by atoms with Crippen molar-refractivity contribution in [2.45, 2.75) is 57.5 Å². The summed E-state index contributed by atoms with van der Waals surface area (Å²) in [6.45, 7) is 10.7. The summed E-state index contributed by atoms with van der Waals surface area (Å²) in [5.74, 6) is -0.302. The number of carbonyl (C=O) groups excluding carboxylic acids is 1. The van der Waals surface area contributed by atoms with Crippen molar-refractivity contribution in [2.75, 3.05) is 35.8 Å². The van der Waals surface area contributed by atoms with Crippen LogP contribution in [-0.4, -0.2) is 62.6 Å². The average molecular weight is 511 g/mol. The Hall–Kier alpha value is -2.95. The average Bonchev–Trinajstić information content (AvgIpc) is 2.79. The molecule has 0 spiro atoms. The number of anilines is 2. The number of pyridine rings is 1. The summed E-state index contributed by atoms with van der Waals surface area (Å²) in [6.07, 6.45) is -2.87. The minimum atomic E-state index is -3.92. The number of hydrogen-bond acceptors (Lipinski definition) is 6. The molecule has 0 radical (unpaired) electrons. The van der Waals surface area contributed by atoms with Crippen LogP contribution in [0.4, 0.5) is 25.1 Å². The maximum atomic E-state index is 12.9. The number of amides is 1. The molecule has 0 bridgehead atoms. The number of hydrogen-bond donors (Lipinski definition) is 1. The molecule has 8 nitrogen and oxygen atoms in total. The molecule has 0 saturated carbocycles. The van der Waals surface area contributed by atoms with Crippen molar-refractivity contribution in [1.82, 2.24) is 9.88 Å². The van der Waals surface area contributed by atoms with Crippen LogP contribution in [0.25, 0.3) is 0 Å². The second kappa shape index (κ2) is 10.3. The maximum Gasteiger partial charge on any atom is 0.410 e. The number of nitrogens with zero attached hydrogens (tertiary/aromatic N) is 3. The molecule has 2 aromatic rings. The van der Waals surface area contributed by atoms with Crippen LogP contribution in [-0.2, 0) is 14.8 Å². The zero-order chi connectivity index (χ0) is 26.0. The Labute approximate surface area is 205 Å². The summed E-state index contributed by atoms with van der Waals surface area (Å²) in [4.78, 5) is 20.5. The van der Waals surface area contributed by atoms with E-state index in [-0.39, 0.29) is 11.0 Å². The van der Waals surface area contributed by atoms with E-state index in [1.165, 1.54) is 31.2 Å². The van der Waals surface area contributed by atoms with E-state index in [0.29, 0.717) is 48.9 Å². The zero-order valence-electron chi connectivity index (χ0n) is 20.6. The van der Waals surface area contributed by atoms with Gasteiger partial charge in [-0.2, -0.15) is 0 Å². The molecule has 11 heteroatoms. The molecular formula is C24H32F2N4O4S. The highest BCUT2D eigenvalue weighted by molar-refractivity contribution is 7.92. The van der Waals surface area contributed by atoms with Crippen molar-refractivity contribution in [1.29, 1.82) is 0 Å². The third-order valence-electron chi connectivity index (χ3n) is 5.66. The molecule has 2 heterocycles. The first kappa shape index (κ1) is 26.7. The first-order valence-corrected chi connectivity index (χ1v) is 12.9. The van der Waals surface area contributed by atoms with Crippen molar-refractivity contribution in [2.24, 2.45) is 0 Å². The lowest BCUT2D eigenvalue weighted by Gasteiger charge is -2.36. The van der Waals surface area contributed by atoms with E-state index in [1.54, 1.807) is 24.0 Å². The number of aryl methyl sites for hydroxylation is 1. The fourth-order valence-corrected chi connectivity index (χ4v) is 4.69. The molecule has 1 aromatic carbocycles. The SMILES string of the molecule is Cc1nc(N2CCN(C(=O)OC(C)(C)C)CC2)ccc1NS(=O)(=O)c1ccc(C(C)C(F)F)cc1. The van der Waals surface area contributed by atoms with Gasteiger partial charge in [0.15, 0.2) is 0 Å². The Bertz CT molecular complexity index is 1140. The highest BCUT2D eigenvalue weighted by Gasteiger charge is 2.27. The van der Waals surface area contributed by atoms with Gasteiger partial charge in [0.05, 0.1) is 16.3 Å². The van der Waals surface area contributed by atoms with Crippen LogP contribution in [0.1, 0.15) is 44.9 Å². The van der Waals surface area contributed by atoms with E-state index in [0.717, 1.165) is 0 Å². The Morgan fingerprint density at radius 1 is 1.06 bits per heavy atom. The van der Waals surface area contributed by atoms with Gasteiger partial charge in [0.25, 0.3) is 10.0 Å². The van der Waals surface area contributed by atoms with Crippen LogP contribution in [0, 0.1) is 6.92 Å². The second-order valence-electron chi connectivity index (χ2n) is 9.55. The number of carbonyl (C=O) groups is 1. The fraction of sp³-hybridized carbons (Fsp3) is 0.500. The molecule has 1 aliphatic rings. The summed E-state index contributed by atoms with van der Waals surface area (Å²) in [6, 6.07) is 8.80. The van der Waals surface area contributed by atoms with Crippen molar-refractivity contribution in [3.8, 4) is 0 Å². The monoisotopic (exact) mass is 510 g/mol. The van der Waals surface area contributed by atoms with Gasteiger partial charge in [-0.1, -0.05) is 19.1 Å². The number of sulfonamides is 1. The molecule has 0 aliphatic carbocycles. The van der Waals surface area contributed by atoms with E-state index >= 15 is 0 Å². The summed E-state index contributed by atoms with van der Waals surface area (Å²) in [5.41, 5.74) is 0.630. The van der Waals surface area contributed by atoms with Gasteiger partial charge >= 0.3 is 6.09 Å². The van der Waals surface area contributed by atoms with Crippen molar-refractivity contribution in [3.05, 3.63) is 47.7 Å². The van der Waals surface area contributed by atoms with Crippen LogP contribution in [0.3, 0.4) is 0 Å². The molecular weight excluding hydrogens is 478 g/mol. The predicted octanol–water partition coefficient (Wildman–Crippen LogP) is 4.62. The number of benzene rings is 1. The minimum Gasteiger partial charge on any atom is -0.444 e. The summed E-state index contributed by atoms with van der Waals surface area (Å²) < 4.78 is 59.4. The van der Waals surface area contributed by atoms with Crippen molar-refractivity contribution >= 4 is 27.6 Å². The summed E-state index contributed by atoms with van der Waals surface area (Å²) in [5, 5.41) is 0. The largest absolute Gasteiger partial charge is 0.444 e. The molecule has 1 atom stereocenters. The van der Waals surface area contributed by atoms with E-state index in [9.17, 15) is 22.0 Å². The quantitative estimate of drug-likeness (QED) is 0.610. The third-order valence-corrected chi connectivity index (χ3v) is 7.05. The molecule has 35 heavy (non-hydrogen) atoms. The smallest absolute Gasteiger partial charge is 0.410 e. The standard InChI is InChI=1S/C24H32F2N4O4S/c1-16(22(25)26)18-6-8-19(9-7-18)35(32,33)28-20-10-11-21(27-17(20)2)29-12-14-30(15-13-29)23(31)34-24(3,4)5/h6-11,16,22,28H,12-15H2,1-5H3. The van der Waals surface area contributed by atoms with Crippen LogP contribution in [0.2, 0.25) is 0 Å². The molecule has 1 aliphatic heterocycles. The van der Waals surface area contributed by atoms with Crippen molar-refractivity contribution < 1.29 is 26.7 Å². The molecule has 1 N–H and O–H groups in total. The van der Waals surface area contributed by atoms with Crippen LogP contribution >= 0.6 is 0 Å². The van der Waals surface area contributed by atoms with Gasteiger partial charge in [-0.3, -0.25) is 4.72 Å². The highest BCUT2D eigenvalue weighted by Crippen LogP contribution is 2.26. The first-order valence-electron chi connectivity index (χ1n) is 11.4. The Morgan fingerprint density at radius 3 is 2.17 bits per heavy atom. The highest BCUT2D eigenvalue weighted by atomic mass is 32.2. The Morgan fingerprint density at radius 2 is 1.66 bits per heavy atom. The number of alkyl halides is 2. The minimum absolute atomic E-state index is 0.0237. The first-order chi connectivity index (χ1) is 16.3. The number of rotatable bonds is 6. The maximum absolute atomic E-state index is 12.9. The molecule has 1 fully saturated rings. The lowest BCUT2D eigenvalue weighted by Crippen LogP contribution is -2.50. The van der Waals surface area contributed by atoms with Gasteiger partial charge in [0, 0.05) is 32.1 Å². The van der Waals surface area contributed by atoms with E-state index in [4.69, 9.17) is 4.74 Å². The lowest BCUT2D eigenvalue weighted by atomic mass is 10.0. The van der Waals surface area contributed by atoms with Gasteiger partial charge in [0.2, 0.25) is 6.43 Å². The number of piperazine rings is 1. The summed E-state index contributed by atoms with van der Waals surface area (Å²) >= 11 is 0. The summed E-state index contributed by atoms with van der Waals surface area (Å²) in [7, 11) is -3.92. The second-order valence-corrected chi connectivity index (χ2v) is 11.2. The van der Waals surface area contributed by atoms with Crippen LogP contribution < -0.4 is 9.62 Å². The van der Waals surface area contributed by atoms with Crippen LogP contribution in [0.15, 0.2) is 41.3 Å². The lowest BCUT2D eigenvalue weighted by molar-refractivity contribution is 0.0240. The van der Waals surface area contributed by atoms with E-state index < -0.39 is 28.0 Å². The number of aromatic nitrogens is 1. The van der Waals surface area contributed by atoms with Gasteiger partial charge in [-0.05, 0) is 57.5 Å². The molecule has 192 valence electrons. The number of nitrogens with one attached hydrogen (secondary N) is 1. The van der Waals surface area contributed by atoms with Crippen LogP contribution in [0.5, 0.6) is 0 Å². The molecule has 1 aromatic heterocycles. The number of halogens is 2. The van der Waals surface area contributed by atoms with E-state index in [1.807, 2.05) is 25.7 Å². The Kier molecular flexibility index (Phi) is 7.88. The van der Waals surface area contributed by atoms with Gasteiger partial charge in [-0.25, -0.2) is 27.0 Å². The van der Waals surface area contributed by atoms with E-state index in [2.05, 4.69) is 9.71 Å². The normalized spacial score (nSPS) is 15.8. The van der Waals surface area contributed by atoms with Gasteiger partial charge < -0.3 is 14.5 Å². The third kappa shape index (κ3) is 6.81. The predicted molar refractivity (Wildman–Crippen MR) is 131 cm³/mol. The molecule has 1 saturated heterocycles. The Balaban J connectivity index is 1.65. The van der Waals surface area contributed by atoms with Gasteiger partial charge in [0.1, 0.15) is 11.4 Å². The molecule has 3 rings (SSSR count). The number of ether oxygens (including phenoxy) is 1. The van der Waals surface area contributed by atoms with Crippen molar-refractivity contribution in [3.63, 3.8) is 0 Å². The fourth-order valence-electron chi connectivity index (χ4n) is 3.58. The molecule has 1 amide bonds. The topological polar surface area (TPSA) is 91.8 Å². The van der Waals surface area contributed by atoms with Gasteiger partial charge in [-0.15, -0.1) is 0 Å².